The summed E-state index contributed by atoms with van der Waals surface area (Å²) in [5.74, 6) is 1.49. The standard InChI is InChI=1S/C22H23N5O3/c28-22(10-15-1-6-20-21(9-15)30-14-29-20)26-17-2-4-18(5-3-17)27-13-16(11-25-27)19-12-23-7-8-24-19/h1,6-9,11-13,17-18H,2-5,10,14H2,(H,26,28). The summed E-state index contributed by atoms with van der Waals surface area (Å²) >= 11 is 0. The molecule has 154 valence electrons. The lowest BCUT2D eigenvalue weighted by Crippen LogP contribution is -2.38. The molecule has 1 amide bonds. The summed E-state index contributed by atoms with van der Waals surface area (Å²) in [6, 6.07) is 6.20. The summed E-state index contributed by atoms with van der Waals surface area (Å²) in [7, 11) is 0. The summed E-state index contributed by atoms with van der Waals surface area (Å²) in [6.07, 6.45) is 13.2. The van der Waals surface area contributed by atoms with Gasteiger partial charge in [-0.15, -0.1) is 0 Å². The van der Waals surface area contributed by atoms with Gasteiger partial charge >= 0.3 is 0 Å². The Bertz CT molecular complexity index is 1030. The van der Waals surface area contributed by atoms with Crippen LogP contribution in [0.5, 0.6) is 11.5 Å². The van der Waals surface area contributed by atoms with E-state index in [-0.39, 0.29) is 18.7 Å². The summed E-state index contributed by atoms with van der Waals surface area (Å²) in [4.78, 5) is 20.9. The third-order valence-corrected chi connectivity index (χ3v) is 5.70. The van der Waals surface area contributed by atoms with E-state index in [9.17, 15) is 4.79 Å². The number of aromatic nitrogens is 4. The second kappa shape index (κ2) is 8.14. The maximum Gasteiger partial charge on any atom is 0.231 e. The molecule has 2 aromatic heterocycles. The molecule has 5 rings (SSSR count). The van der Waals surface area contributed by atoms with Gasteiger partial charge in [0.25, 0.3) is 0 Å². The highest BCUT2D eigenvalue weighted by Gasteiger charge is 2.24. The minimum atomic E-state index is 0.0429. The number of rotatable bonds is 5. The van der Waals surface area contributed by atoms with Crippen LogP contribution in [-0.2, 0) is 11.2 Å². The fraction of sp³-hybridized carbons (Fsp3) is 0.364. The predicted molar refractivity (Wildman–Crippen MR) is 109 cm³/mol. The number of carbonyl (C=O) groups is 1. The number of nitrogens with one attached hydrogen (secondary N) is 1. The molecule has 0 atom stereocenters. The van der Waals surface area contributed by atoms with E-state index in [0.717, 1.165) is 48.3 Å². The van der Waals surface area contributed by atoms with Gasteiger partial charge in [-0.3, -0.25) is 19.4 Å². The van der Waals surface area contributed by atoms with Crippen LogP contribution in [0.25, 0.3) is 11.3 Å². The lowest BCUT2D eigenvalue weighted by Gasteiger charge is -2.29. The molecule has 2 aliphatic rings. The molecular formula is C22H23N5O3. The monoisotopic (exact) mass is 405 g/mol. The number of carbonyl (C=O) groups excluding carboxylic acids is 1. The number of ether oxygens (including phenoxy) is 2. The lowest BCUT2D eigenvalue weighted by molar-refractivity contribution is -0.121. The lowest BCUT2D eigenvalue weighted by atomic mass is 9.91. The van der Waals surface area contributed by atoms with E-state index in [2.05, 4.69) is 20.4 Å². The predicted octanol–water partition coefficient (Wildman–Crippen LogP) is 2.91. The van der Waals surface area contributed by atoms with Crippen LogP contribution in [0.15, 0.2) is 49.2 Å². The molecule has 8 nitrogen and oxygen atoms in total. The second-order valence-electron chi connectivity index (χ2n) is 7.74. The molecule has 0 radical (unpaired) electrons. The first-order valence-corrected chi connectivity index (χ1v) is 10.2. The Balaban J connectivity index is 1.13. The minimum Gasteiger partial charge on any atom is -0.454 e. The average molecular weight is 405 g/mol. The van der Waals surface area contributed by atoms with Crippen molar-refractivity contribution in [2.45, 2.75) is 44.2 Å². The molecule has 0 saturated heterocycles. The van der Waals surface area contributed by atoms with Gasteiger partial charge in [-0.25, -0.2) is 0 Å². The van der Waals surface area contributed by atoms with Gasteiger partial charge in [0.05, 0.1) is 30.6 Å². The zero-order chi connectivity index (χ0) is 20.3. The zero-order valence-electron chi connectivity index (χ0n) is 16.5. The Morgan fingerprint density at radius 3 is 2.80 bits per heavy atom. The van der Waals surface area contributed by atoms with Crippen molar-refractivity contribution in [3.05, 3.63) is 54.7 Å². The molecule has 0 spiro atoms. The Kier molecular flexibility index (Phi) is 5.04. The van der Waals surface area contributed by atoms with E-state index in [0.29, 0.717) is 18.2 Å². The van der Waals surface area contributed by atoms with Gasteiger partial charge in [-0.1, -0.05) is 6.07 Å². The number of amides is 1. The SMILES string of the molecule is O=C(Cc1ccc2c(c1)OCO2)NC1CCC(n2cc(-c3cnccn3)cn2)CC1. The van der Waals surface area contributed by atoms with Crippen molar-refractivity contribution >= 4 is 5.91 Å². The molecule has 3 heterocycles. The number of benzene rings is 1. The van der Waals surface area contributed by atoms with E-state index in [4.69, 9.17) is 9.47 Å². The van der Waals surface area contributed by atoms with Crippen LogP contribution in [0.4, 0.5) is 0 Å². The molecule has 1 fully saturated rings. The highest BCUT2D eigenvalue weighted by atomic mass is 16.7. The third kappa shape index (κ3) is 3.98. The van der Waals surface area contributed by atoms with Crippen LogP contribution in [0.2, 0.25) is 0 Å². The summed E-state index contributed by atoms with van der Waals surface area (Å²) in [5, 5.41) is 7.71. The van der Waals surface area contributed by atoms with E-state index in [1.165, 1.54) is 0 Å². The van der Waals surface area contributed by atoms with Crippen LogP contribution < -0.4 is 14.8 Å². The summed E-state index contributed by atoms with van der Waals surface area (Å²) in [5.41, 5.74) is 2.73. The van der Waals surface area contributed by atoms with Crippen molar-refractivity contribution in [1.82, 2.24) is 25.1 Å². The van der Waals surface area contributed by atoms with Gasteiger partial charge in [0.15, 0.2) is 11.5 Å². The van der Waals surface area contributed by atoms with Gasteiger partial charge in [0, 0.05) is 30.2 Å². The maximum atomic E-state index is 12.5. The van der Waals surface area contributed by atoms with Crippen molar-refractivity contribution in [3.8, 4) is 22.8 Å². The smallest absolute Gasteiger partial charge is 0.231 e. The molecule has 3 aromatic rings. The minimum absolute atomic E-state index is 0.0429. The molecule has 1 N–H and O–H groups in total. The topological polar surface area (TPSA) is 91.2 Å². The van der Waals surface area contributed by atoms with Gasteiger partial charge in [0.1, 0.15) is 0 Å². The van der Waals surface area contributed by atoms with Crippen LogP contribution in [0.3, 0.4) is 0 Å². The van der Waals surface area contributed by atoms with Crippen LogP contribution >= 0.6 is 0 Å². The van der Waals surface area contributed by atoms with Crippen molar-refractivity contribution < 1.29 is 14.3 Å². The number of fused-ring (bicyclic) bond motifs is 1. The first kappa shape index (κ1) is 18.6. The molecule has 8 heteroatoms. The highest BCUT2D eigenvalue weighted by Crippen LogP contribution is 2.33. The Hall–Kier alpha value is -3.42. The number of nitrogens with zero attached hydrogens (tertiary/aromatic N) is 4. The van der Waals surface area contributed by atoms with E-state index in [1.807, 2.05) is 35.3 Å². The first-order valence-electron chi connectivity index (χ1n) is 10.2. The zero-order valence-corrected chi connectivity index (χ0v) is 16.5. The second-order valence-corrected chi connectivity index (χ2v) is 7.74. The Labute approximate surface area is 174 Å². The molecule has 1 aromatic carbocycles. The maximum absolute atomic E-state index is 12.5. The van der Waals surface area contributed by atoms with Gasteiger partial charge in [-0.2, -0.15) is 5.10 Å². The van der Waals surface area contributed by atoms with Crippen molar-refractivity contribution in [2.75, 3.05) is 6.79 Å². The largest absolute Gasteiger partial charge is 0.454 e. The van der Waals surface area contributed by atoms with Crippen LogP contribution in [0, 0.1) is 0 Å². The molecule has 1 aliphatic carbocycles. The quantitative estimate of drug-likeness (QED) is 0.702. The molecule has 1 saturated carbocycles. The van der Waals surface area contributed by atoms with Gasteiger partial charge in [-0.05, 0) is 43.4 Å². The van der Waals surface area contributed by atoms with Crippen molar-refractivity contribution in [1.29, 1.82) is 0 Å². The van der Waals surface area contributed by atoms with Crippen LogP contribution in [-0.4, -0.2) is 38.5 Å². The van der Waals surface area contributed by atoms with Gasteiger partial charge < -0.3 is 14.8 Å². The normalized spacial score (nSPS) is 20.1. The average Bonchev–Trinajstić information content (AvgIpc) is 3.44. The molecule has 0 bridgehead atoms. The first-order chi connectivity index (χ1) is 14.7. The van der Waals surface area contributed by atoms with E-state index >= 15 is 0 Å². The van der Waals surface area contributed by atoms with Crippen LogP contribution in [0.1, 0.15) is 37.3 Å². The third-order valence-electron chi connectivity index (χ3n) is 5.70. The van der Waals surface area contributed by atoms with Crippen molar-refractivity contribution in [2.24, 2.45) is 0 Å². The number of hydrogen-bond donors (Lipinski definition) is 1. The Morgan fingerprint density at radius 1 is 1.10 bits per heavy atom. The molecule has 0 unspecified atom stereocenters. The number of hydrogen-bond acceptors (Lipinski definition) is 6. The highest BCUT2D eigenvalue weighted by molar-refractivity contribution is 5.79. The summed E-state index contributed by atoms with van der Waals surface area (Å²) < 4.78 is 12.7. The summed E-state index contributed by atoms with van der Waals surface area (Å²) in [6.45, 7) is 0.241. The fourth-order valence-corrected chi connectivity index (χ4v) is 4.12. The molecular weight excluding hydrogens is 382 g/mol. The van der Waals surface area contributed by atoms with E-state index in [1.54, 1.807) is 18.6 Å². The molecule has 1 aliphatic heterocycles. The van der Waals surface area contributed by atoms with E-state index < -0.39 is 0 Å². The van der Waals surface area contributed by atoms with Gasteiger partial charge in [0.2, 0.25) is 12.7 Å². The van der Waals surface area contributed by atoms with Crippen molar-refractivity contribution in [3.63, 3.8) is 0 Å². The molecule has 30 heavy (non-hydrogen) atoms. The fourth-order valence-electron chi connectivity index (χ4n) is 4.12. The Morgan fingerprint density at radius 2 is 1.97 bits per heavy atom.